The highest BCUT2D eigenvalue weighted by Crippen LogP contribution is 2.31. The summed E-state index contributed by atoms with van der Waals surface area (Å²) in [6, 6.07) is 0. The van der Waals surface area contributed by atoms with Gasteiger partial charge in [-0.15, -0.1) is 0 Å². The third kappa shape index (κ3) is 2.85. The highest BCUT2D eigenvalue weighted by atomic mass is 127. The lowest BCUT2D eigenvalue weighted by molar-refractivity contribution is -0.289. The van der Waals surface area contributed by atoms with E-state index in [1.807, 2.05) is 6.92 Å². The molecule has 0 atom stereocenters. The van der Waals surface area contributed by atoms with Crippen LogP contribution >= 0.6 is 22.6 Å². The second-order valence-electron chi connectivity index (χ2n) is 4.31. The van der Waals surface area contributed by atoms with Gasteiger partial charge in [-0.2, -0.15) is 0 Å². The van der Waals surface area contributed by atoms with Crippen LogP contribution in [0.3, 0.4) is 0 Å². The molecule has 72 valence electrons. The van der Waals surface area contributed by atoms with Crippen molar-refractivity contribution in [1.29, 1.82) is 0 Å². The summed E-state index contributed by atoms with van der Waals surface area (Å²) in [5, 5.41) is 0. The number of ether oxygens (including phenoxy) is 2. The Morgan fingerprint density at radius 1 is 1.17 bits per heavy atom. The summed E-state index contributed by atoms with van der Waals surface area (Å²) >= 11 is 2.35. The maximum atomic E-state index is 5.69. The Balaban J connectivity index is 2.44. The normalized spacial score (nSPS) is 27.0. The molecule has 1 heterocycles. The van der Waals surface area contributed by atoms with Gasteiger partial charge in [-0.1, -0.05) is 36.4 Å². The molecule has 0 N–H and O–H groups in total. The van der Waals surface area contributed by atoms with Gasteiger partial charge in [-0.05, 0) is 6.92 Å². The first-order chi connectivity index (χ1) is 5.47. The van der Waals surface area contributed by atoms with Crippen LogP contribution in [0.15, 0.2) is 0 Å². The third-order valence-electron chi connectivity index (χ3n) is 2.09. The molecule has 0 bridgehead atoms. The summed E-state index contributed by atoms with van der Waals surface area (Å²) in [6.07, 6.45) is 0.976. The van der Waals surface area contributed by atoms with Gasteiger partial charge >= 0.3 is 0 Å². The molecule has 3 heteroatoms. The van der Waals surface area contributed by atoms with E-state index in [1.54, 1.807) is 0 Å². The maximum Gasteiger partial charge on any atom is 0.166 e. The van der Waals surface area contributed by atoms with E-state index in [0.29, 0.717) is 0 Å². The topological polar surface area (TPSA) is 18.5 Å². The number of halogens is 1. The Morgan fingerprint density at radius 3 is 2.08 bits per heavy atom. The fourth-order valence-corrected chi connectivity index (χ4v) is 2.08. The maximum absolute atomic E-state index is 5.69. The van der Waals surface area contributed by atoms with Gasteiger partial charge in [-0.3, -0.25) is 0 Å². The second-order valence-corrected chi connectivity index (χ2v) is 5.39. The molecular formula is C9H17IO2. The van der Waals surface area contributed by atoms with Crippen LogP contribution in [0.1, 0.15) is 27.2 Å². The number of rotatable bonds is 2. The molecule has 0 amide bonds. The van der Waals surface area contributed by atoms with Crippen LogP contribution in [0.2, 0.25) is 0 Å². The van der Waals surface area contributed by atoms with Crippen molar-refractivity contribution in [2.75, 3.05) is 17.6 Å². The van der Waals surface area contributed by atoms with Crippen molar-refractivity contribution >= 4 is 22.6 Å². The minimum absolute atomic E-state index is 0.185. The highest BCUT2D eigenvalue weighted by Gasteiger charge is 2.35. The van der Waals surface area contributed by atoms with E-state index in [4.69, 9.17) is 9.47 Å². The summed E-state index contributed by atoms with van der Waals surface area (Å²) in [5.74, 6) is -0.323. The minimum Gasteiger partial charge on any atom is -0.350 e. The fraction of sp³-hybridized carbons (Fsp3) is 1.00. The van der Waals surface area contributed by atoms with Crippen LogP contribution in [-0.4, -0.2) is 23.4 Å². The predicted octanol–water partition coefficient (Wildman–Crippen LogP) is 2.60. The Bertz CT molecular complexity index is 147. The molecule has 0 aliphatic carbocycles. The smallest absolute Gasteiger partial charge is 0.166 e. The van der Waals surface area contributed by atoms with E-state index in [0.717, 1.165) is 24.1 Å². The van der Waals surface area contributed by atoms with Gasteiger partial charge in [0.2, 0.25) is 0 Å². The first-order valence-electron chi connectivity index (χ1n) is 4.31. The van der Waals surface area contributed by atoms with Gasteiger partial charge in [0.25, 0.3) is 0 Å². The fourth-order valence-electron chi connectivity index (χ4n) is 1.10. The highest BCUT2D eigenvalue weighted by molar-refractivity contribution is 14.1. The van der Waals surface area contributed by atoms with Gasteiger partial charge in [0.1, 0.15) is 0 Å². The molecule has 0 spiro atoms. The Kier molecular flexibility index (Phi) is 3.40. The average Bonchev–Trinajstić information content (AvgIpc) is 1.98. The number of hydrogen-bond acceptors (Lipinski definition) is 2. The zero-order valence-corrected chi connectivity index (χ0v) is 10.2. The summed E-state index contributed by atoms with van der Waals surface area (Å²) in [4.78, 5) is 0. The predicted molar refractivity (Wildman–Crippen MR) is 57.6 cm³/mol. The van der Waals surface area contributed by atoms with Crippen LogP contribution in [0.25, 0.3) is 0 Å². The van der Waals surface area contributed by atoms with Gasteiger partial charge in [-0.25, -0.2) is 0 Å². The van der Waals surface area contributed by atoms with Crippen LogP contribution in [-0.2, 0) is 9.47 Å². The van der Waals surface area contributed by atoms with Crippen molar-refractivity contribution in [3.63, 3.8) is 0 Å². The van der Waals surface area contributed by atoms with Crippen molar-refractivity contribution in [3.8, 4) is 0 Å². The zero-order chi connectivity index (χ0) is 9.24. The van der Waals surface area contributed by atoms with Crippen molar-refractivity contribution < 1.29 is 9.47 Å². The second kappa shape index (κ2) is 3.80. The van der Waals surface area contributed by atoms with Crippen molar-refractivity contribution in [1.82, 2.24) is 0 Å². The molecule has 0 unspecified atom stereocenters. The molecule has 1 saturated heterocycles. The molecule has 0 aromatic rings. The van der Waals surface area contributed by atoms with E-state index < -0.39 is 0 Å². The van der Waals surface area contributed by atoms with Crippen molar-refractivity contribution in [2.24, 2.45) is 5.41 Å². The molecule has 0 radical (unpaired) electrons. The van der Waals surface area contributed by atoms with Gasteiger partial charge in [0, 0.05) is 16.3 Å². The summed E-state index contributed by atoms with van der Waals surface area (Å²) < 4.78 is 12.5. The number of alkyl halides is 1. The monoisotopic (exact) mass is 284 g/mol. The van der Waals surface area contributed by atoms with Crippen LogP contribution in [0.5, 0.6) is 0 Å². The summed E-state index contributed by atoms with van der Waals surface area (Å²) in [7, 11) is 0. The van der Waals surface area contributed by atoms with E-state index in [2.05, 4.69) is 36.4 Å². The Hall–Kier alpha value is 0.650. The first-order valence-corrected chi connectivity index (χ1v) is 5.84. The minimum atomic E-state index is -0.323. The lowest BCUT2D eigenvalue weighted by Gasteiger charge is -2.41. The van der Waals surface area contributed by atoms with E-state index >= 15 is 0 Å². The quantitative estimate of drug-likeness (QED) is 0.573. The standard InChI is InChI=1S/C9H17IO2/c1-8(2)6-11-9(3,4-5-10)12-7-8/h4-7H2,1-3H3. The van der Waals surface area contributed by atoms with Crippen molar-refractivity contribution in [3.05, 3.63) is 0 Å². The molecule has 1 rings (SSSR count). The van der Waals surface area contributed by atoms with Crippen LogP contribution in [0.4, 0.5) is 0 Å². The first kappa shape index (κ1) is 10.7. The van der Waals surface area contributed by atoms with Crippen molar-refractivity contribution in [2.45, 2.75) is 33.0 Å². The molecular weight excluding hydrogens is 267 g/mol. The van der Waals surface area contributed by atoms with E-state index in [1.165, 1.54) is 0 Å². The molecule has 0 saturated carbocycles. The lowest BCUT2D eigenvalue weighted by Crippen LogP contribution is -2.45. The number of hydrogen-bond donors (Lipinski definition) is 0. The molecule has 1 aliphatic rings. The van der Waals surface area contributed by atoms with Gasteiger partial charge in [0.15, 0.2) is 5.79 Å². The molecule has 0 aromatic carbocycles. The largest absolute Gasteiger partial charge is 0.350 e. The molecule has 0 aromatic heterocycles. The Labute approximate surface area is 88.1 Å². The van der Waals surface area contributed by atoms with Gasteiger partial charge in [0.05, 0.1) is 13.2 Å². The third-order valence-corrected chi connectivity index (χ3v) is 2.62. The Morgan fingerprint density at radius 2 is 1.67 bits per heavy atom. The molecule has 1 aliphatic heterocycles. The van der Waals surface area contributed by atoms with Gasteiger partial charge < -0.3 is 9.47 Å². The summed E-state index contributed by atoms with van der Waals surface area (Å²) in [5.41, 5.74) is 0.185. The summed E-state index contributed by atoms with van der Waals surface area (Å²) in [6.45, 7) is 7.97. The van der Waals surface area contributed by atoms with Crippen LogP contribution < -0.4 is 0 Å². The average molecular weight is 284 g/mol. The zero-order valence-electron chi connectivity index (χ0n) is 8.02. The van der Waals surface area contributed by atoms with E-state index in [9.17, 15) is 0 Å². The lowest BCUT2D eigenvalue weighted by atomic mass is 9.94. The van der Waals surface area contributed by atoms with Crippen LogP contribution in [0, 0.1) is 5.41 Å². The molecule has 1 fully saturated rings. The SMILES string of the molecule is CC1(C)COC(C)(CCI)OC1. The molecule has 2 nitrogen and oxygen atoms in total. The van der Waals surface area contributed by atoms with E-state index in [-0.39, 0.29) is 11.2 Å². The molecule has 12 heavy (non-hydrogen) atoms.